The smallest absolute Gasteiger partial charge is 0.157 e. The Labute approximate surface area is 97.5 Å². The van der Waals surface area contributed by atoms with Crippen molar-refractivity contribution in [3.05, 3.63) is 0 Å². The Bertz CT molecular complexity index is 209. The fourth-order valence-corrected chi connectivity index (χ4v) is 2.49. The lowest BCUT2D eigenvalue weighted by Gasteiger charge is -2.28. The third-order valence-electron chi connectivity index (χ3n) is 3.45. The molecule has 1 saturated carbocycles. The number of Topliss-reactive ketones (excluding diaryl/α,β-unsaturated/α-hetero) is 1. The average molecular weight is 226 g/mol. The zero-order chi connectivity index (χ0) is 11.2. The molecule has 3 heteroatoms. The summed E-state index contributed by atoms with van der Waals surface area (Å²) in [4.78, 5) is 11.3. The van der Waals surface area contributed by atoms with Crippen LogP contribution in [0, 0.1) is 0 Å². The highest BCUT2D eigenvalue weighted by molar-refractivity contribution is 5.78. The molecule has 0 bridgehead atoms. The second-order valence-corrected chi connectivity index (χ2v) is 4.88. The Morgan fingerprint density at radius 2 is 1.75 bits per heavy atom. The van der Waals surface area contributed by atoms with Gasteiger partial charge in [0.05, 0.1) is 6.10 Å². The highest BCUT2D eigenvalue weighted by Crippen LogP contribution is 2.22. The van der Waals surface area contributed by atoms with E-state index >= 15 is 0 Å². The minimum absolute atomic E-state index is 0.0221. The van der Waals surface area contributed by atoms with Crippen LogP contribution < -0.4 is 0 Å². The first-order valence-electron chi connectivity index (χ1n) is 6.63. The molecule has 1 saturated heterocycles. The predicted octanol–water partition coefficient (Wildman–Crippen LogP) is 2.82. The van der Waals surface area contributed by atoms with E-state index in [1.54, 1.807) is 0 Å². The van der Waals surface area contributed by atoms with Crippen molar-refractivity contribution in [2.75, 3.05) is 6.61 Å². The van der Waals surface area contributed by atoms with Gasteiger partial charge < -0.3 is 9.47 Å². The fraction of sp³-hybridized carbons (Fsp3) is 0.923. The van der Waals surface area contributed by atoms with Crippen LogP contribution in [0.2, 0.25) is 0 Å². The molecule has 16 heavy (non-hydrogen) atoms. The Balaban J connectivity index is 1.73. The van der Waals surface area contributed by atoms with Gasteiger partial charge in [-0.3, -0.25) is 4.79 Å². The van der Waals surface area contributed by atoms with Gasteiger partial charge in [-0.1, -0.05) is 0 Å². The van der Waals surface area contributed by atoms with Crippen molar-refractivity contribution >= 4 is 5.78 Å². The van der Waals surface area contributed by atoms with Crippen LogP contribution >= 0.6 is 0 Å². The minimum atomic E-state index is 0.0221. The number of hydrogen-bond acceptors (Lipinski definition) is 3. The maximum atomic E-state index is 11.3. The SMILES string of the molecule is O=C1CCCC(O[C@@H]2CCCCO2)CCC1. The largest absolute Gasteiger partial charge is 0.353 e. The molecule has 1 aliphatic heterocycles. The lowest BCUT2D eigenvalue weighted by molar-refractivity contribution is -0.191. The first kappa shape index (κ1) is 12.1. The van der Waals surface area contributed by atoms with Crippen LogP contribution in [0.5, 0.6) is 0 Å². The van der Waals surface area contributed by atoms with Crippen LogP contribution in [-0.2, 0) is 14.3 Å². The number of rotatable bonds is 2. The lowest BCUT2D eigenvalue weighted by Crippen LogP contribution is -2.28. The van der Waals surface area contributed by atoms with Crippen molar-refractivity contribution in [3.8, 4) is 0 Å². The third-order valence-corrected chi connectivity index (χ3v) is 3.45. The molecule has 1 aliphatic carbocycles. The molecule has 1 atom stereocenters. The van der Waals surface area contributed by atoms with Crippen LogP contribution in [0.3, 0.4) is 0 Å². The lowest BCUT2D eigenvalue weighted by atomic mass is 9.97. The van der Waals surface area contributed by atoms with Crippen molar-refractivity contribution < 1.29 is 14.3 Å². The van der Waals surface area contributed by atoms with Gasteiger partial charge in [0.25, 0.3) is 0 Å². The number of carbonyl (C=O) groups excluding carboxylic acids is 1. The molecule has 3 nitrogen and oxygen atoms in total. The number of carbonyl (C=O) groups is 1. The first-order valence-corrected chi connectivity index (χ1v) is 6.63. The van der Waals surface area contributed by atoms with E-state index in [9.17, 15) is 4.79 Å². The van der Waals surface area contributed by atoms with Crippen LogP contribution in [0.25, 0.3) is 0 Å². The minimum Gasteiger partial charge on any atom is -0.353 e. The van der Waals surface area contributed by atoms with Gasteiger partial charge in [-0.15, -0.1) is 0 Å². The molecule has 0 amide bonds. The summed E-state index contributed by atoms with van der Waals surface area (Å²) in [5.74, 6) is 0.423. The van der Waals surface area contributed by atoms with E-state index in [-0.39, 0.29) is 6.29 Å². The summed E-state index contributed by atoms with van der Waals surface area (Å²) in [6.45, 7) is 0.843. The van der Waals surface area contributed by atoms with Gasteiger partial charge in [0.2, 0.25) is 0 Å². The van der Waals surface area contributed by atoms with Crippen LogP contribution in [0.4, 0.5) is 0 Å². The van der Waals surface area contributed by atoms with E-state index in [1.165, 1.54) is 12.8 Å². The van der Waals surface area contributed by atoms with Gasteiger partial charge in [0, 0.05) is 19.4 Å². The number of ketones is 1. The summed E-state index contributed by atoms with van der Waals surface area (Å²) in [6, 6.07) is 0. The molecule has 92 valence electrons. The number of ether oxygens (including phenoxy) is 2. The van der Waals surface area contributed by atoms with E-state index in [0.717, 1.165) is 51.6 Å². The molecule has 2 rings (SSSR count). The first-order chi connectivity index (χ1) is 7.84. The summed E-state index contributed by atoms with van der Waals surface area (Å²) in [6.07, 6.45) is 9.25. The van der Waals surface area contributed by atoms with E-state index in [4.69, 9.17) is 9.47 Å². The maximum Gasteiger partial charge on any atom is 0.157 e. The Morgan fingerprint density at radius 3 is 2.38 bits per heavy atom. The zero-order valence-electron chi connectivity index (χ0n) is 9.95. The van der Waals surface area contributed by atoms with Gasteiger partial charge in [-0.25, -0.2) is 0 Å². The van der Waals surface area contributed by atoms with Gasteiger partial charge in [0.1, 0.15) is 5.78 Å². The fourth-order valence-electron chi connectivity index (χ4n) is 2.49. The van der Waals surface area contributed by atoms with E-state index < -0.39 is 0 Å². The summed E-state index contributed by atoms with van der Waals surface area (Å²) < 4.78 is 11.6. The molecule has 0 aromatic carbocycles. The van der Waals surface area contributed by atoms with Crippen LogP contribution in [0.15, 0.2) is 0 Å². The second kappa shape index (κ2) is 6.36. The predicted molar refractivity (Wildman–Crippen MR) is 61.2 cm³/mol. The quantitative estimate of drug-likeness (QED) is 0.726. The molecule has 0 spiro atoms. The normalized spacial score (nSPS) is 29.8. The summed E-state index contributed by atoms with van der Waals surface area (Å²) in [5.41, 5.74) is 0. The monoisotopic (exact) mass is 226 g/mol. The Morgan fingerprint density at radius 1 is 1.00 bits per heavy atom. The van der Waals surface area contributed by atoms with E-state index in [0.29, 0.717) is 11.9 Å². The Hall–Kier alpha value is -0.410. The molecule has 0 N–H and O–H groups in total. The van der Waals surface area contributed by atoms with Crippen molar-refractivity contribution in [3.63, 3.8) is 0 Å². The zero-order valence-corrected chi connectivity index (χ0v) is 9.95. The van der Waals surface area contributed by atoms with Crippen molar-refractivity contribution in [1.29, 1.82) is 0 Å². The van der Waals surface area contributed by atoms with Crippen molar-refractivity contribution in [2.24, 2.45) is 0 Å². The maximum absolute atomic E-state index is 11.3. The molecular weight excluding hydrogens is 204 g/mol. The third kappa shape index (κ3) is 3.87. The Kier molecular flexibility index (Phi) is 4.79. The van der Waals surface area contributed by atoms with Crippen LogP contribution in [-0.4, -0.2) is 24.8 Å². The second-order valence-electron chi connectivity index (χ2n) is 4.88. The molecule has 2 aliphatic rings. The van der Waals surface area contributed by atoms with Gasteiger partial charge in [0.15, 0.2) is 6.29 Å². The van der Waals surface area contributed by atoms with E-state index in [2.05, 4.69) is 0 Å². The summed E-state index contributed by atoms with van der Waals surface area (Å²) >= 11 is 0. The highest BCUT2D eigenvalue weighted by atomic mass is 16.7. The van der Waals surface area contributed by atoms with E-state index in [1.807, 2.05) is 0 Å². The standard InChI is InChI=1S/C13H22O3/c14-11-5-3-7-12(8-4-6-11)16-13-9-1-2-10-15-13/h12-13H,1-10H2/t13-/m1/s1. The van der Waals surface area contributed by atoms with Gasteiger partial charge in [-0.05, 0) is 44.9 Å². The molecule has 2 fully saturated rings. The average Bonchev–Trinajstić information content (AvgIpc) is 2.27. The summed E-state index contributed by atoms with van der Waals surface area (Å²) in [5, 5.41) is 0. The molecule has 1 heterocycles. The van der Waals surface area contributed by atoms with Crippen molar-refractivity contribution in [1.82, 2.24) is 0 Å². The van der Waals surface area contributed by atoms with Crippen molar-refractivity contribution in [2.45, 2.75) is 70.2 Å². The highest BCUT2D eigenvalue weighted by Gasteiger charge is 2.21. The molecular formula is C13H22O3. The molecule has 0 aromatic heterocycles. The van der Waals surface area contributed by atoms with Gasteiger partial charge in [-0.2, -0.15) is 0 Å². The number of hydrogen-bond donors (Lipinski definition) is 0. The molecule has 0 unspecified atom stereocenters. The van der Waals surface area contributed by atoms with Crippen LogP contribution in [0.1, 0.15) is 57.8 Å². The van der Waals surface area contributed by atoms with Gasteiger partial charge >= 0.3 is 0 Å². The molecule has 0 aromatic rings. The summed E-state index contributed by atoms with van der Waals surface area (Å²) in [7, 11) is 0. The molecule has 0 radical (unpaired) electrons. The topological polar surface area (TPSA) is 35.5 Å².